The Morgan fingerprint density at radius 2 is 2.05 bits per heavy atom. The minimum absolute atomic E-state index is 0.0862. The minimum Gasteiger partial charge on any atom is -0.444 e. The Balaban J connectivity index is 1.62. The Labute approximate surface area is 132 Å². The molecule has 0 radical (unpaired) electrons. The maximum atomic E-state index is 12.1. The second-order valence-electron chi connectivity index (χ2n) is 7.66. The summed E-state index contributed by atoms with van der Waals surface area (Å²) in [5.41, 5.74) is 0.788. The highest BCUT2D eigenvalue weighted by molar-refractivity contribution is 5.70. The van der Waals surface area contributed by atoms with Gasteiger partial charge in [-0.3, -0.25) is 4.90 Å². The van der Waals surface area contributed by atoms with E-state index < -0.39 is 5.60 Å². The summed E-state index contributed by atoms with van der Waals surface area (Å²) >= 11 is 0. The van der Waals surface area contributed by atoms with Crippen LogP contribution >= 0.6 is 0 Å². The van der Waals surface area contributed by atoms with Gasteiger partial charge in [0.25, 0.3) is 0 Å². The van der Waals surface area contributed by atoms with Crippen LogP contribution in [0.1, 0.15) is 39.7 Å². The number of amides is 1. The van der Waals surface area contributed by atoms with E-state index in [-0.39, 0.29) is 11.6 Å². The second kappa shape index (κ2) is 5.27. The lowest BCUT2D eigenvalue weighted by atomic mass is 10.1. The summed E-state index contributed by atoms with van der Waals surface area (Å²) in [7, 11) is 0. The monoisotopic (exact) mass is 302 g/mol. The molecular weight excluding hydrogens is 276 g/mol. The summed E-state index contributed by atoms with van der Waals surface area (Å²) in [5, 5.41) is 3.15. The van der Waals surface area contributed by atoms with Crippen molar-refractivity contribution in [2.75, 3.05) is 6.54 Å². The van der Waals surface area contributed by atoms with Crippen LogP contribution in [0, 0.1) is 5.92 Å². The summed E-state index contributed by atoms with van der Waals surface area (Å²) in [6.07, 6.45) is 0.780. The highest BCUT2D eigenvalue weighted by atomic mass is 16.6. The molecule has 1 aromatic carbocycles. The van der Waals surface area contributed by atoms with Crippen molar-refractivity contribution in [3.63, 3.8) is 0 Å². The average Bonchev–Trinajstić information content (AvgIpc) is 3.03. The van der Waals surface area contributed by atoms with Crippen molar-refractivity contribution in [3.05, 3.63) is 35.9 Å². The molecule has 2 aliphatic rings. The summed E-state index contributed by atoms with van der Waals surface area (Å²) in [4.78, 5) is 14.6. The van der Waals surface area contributed by atoms with E-state index in [2.05, 4.69) is 41.4 Å². The number of carbonyl (C=O) groups is 1. The van der Waals surface area contributed by atoms with Crippen LogP contribution in [0.2, 0.25) is 0 Å². The van der Waals surface area contributed by atoms with Gasteiger partial charge >= 0.3 is 6.09 Å². The van der Waals surface area contributed by atoms with Crippen molar-refractivity contribution in [1.29, 1.82) is 0 Å². The van der Waals surface area contributed by atoms with E-state index in [1.54, 1.807) is 0 Å². The maximum absolute atomic E-state index is 12.1. The third kappa shape index (κ3) is 2.98. The molecule has 1 aliphatic heterocycles. The van der Waals surface area contributed by atoms with E-state index in [9.17, 15) is 4.79 Å². The standard InChI is InChI=1S/C18H26N2O2/c1-13-18(19-16(21)22-17(2,3)4)10-15(18)12-20(13)11-14-8-6-5-7-9-14/h5-9,13,15H,10-12H2,1-4H3,(H,19,21)/t13-,15+,18+/m0/s1. The number of piperidine rings is 1. The molecule has 1 amide bonds. The topological polar surface area (TPSA) is 41.6 Å². The number of benzene rings is 1. The smallest absolute Gasteiger partial charge is 0.408 e. The van der Waals surface area contributed by atoms with Gasteiger partial charge in [-0.1, -0.05) is 30.3 Å². The SMILES string of the molecule is C[C@@H]1N(Cc2ccccc2)C[C@H]2C[C@]21NC(=O)OC(C)(C)C. The van der Waals surface area contributed by atoms with Crippen LogP contribution in [-0.2, 0) is 11.3 Å². The molecule has 1 saturated carbocycles. The molecule has 1 aromatic rings. The van der Waals surface area contributed by atoms with Crippen molar-refractivity contribution < 1.29 is 9.53 Å². The zero-order chi connectivity index (χ0) is 16.0. The Morgan fingerprint density at radius 3 is 2.68 bits per heavy atom. The molecule has 2 fully saturated rings. The maximum Gasteiger partial charge on any atom is 0.408 e. The Hall–Kier alpha value is -1.55. The van der Waals surface area contributed by atoms with Crippen LogP contribution in [0.3, 0.4) is 0 Å². The second-order valence-corrected chi connectivity index (χ2v) is 7.66. The van der Waals surface area contributed by atoms with Gasteiger partial charge in [-0.25, -0.2) is 4.79 Å². The number of nitrogens with zero attached hydrogens (tertiary/aromatic N) is 1. The highest BCUT2D eigenvalue weighted by Gasteiger charge is 2.65. The van der Waals surface area contributed by atoms with Gasteiger partial charge in [0.15, 0.2) is 0 Å². The Morgan fingerprint density at radius 1 is 1.36 bits per heavy atom. The molecule has 1 N–H and O–H groups in total. The van der Waals surface area contributed by atoms with Gasteiger partial charge in [0, 0.05) is 19.1 Å². The van der Waals surface area contributed by atoms with Crippen LogP contribution in [0.5, 0.6) is 0 Å². The Kier molecular flexibility index (Phi) is 3.68. The van der Waals surface area contributed by atoms with E-state index in [4.69, 9.17) is 4.74 Å². The van der Waals surface area contributed by atoms with Crippen molar-refractivity contribution in [1.82, 2.24) is 10.2 Å². The first kappa shape index (κ1) is 15.3. The van der Waals surface area contributed by atoms with E-state index in [0.29, 0.717) is 12.0 Å². The largest absolute Gasteiger partial charge is 0.444 e. The van der Waals surface area contributed by atoms with Gasteiger partial charge in [0.1, 0.15) is 5.60 Å². The number of rotatable bonds is 3. The van der Waals surface area contributed by atoms with Crippen molar-refractivity contribution in [3.8, 4) is 0 Å². The predicted molar refractivity (Wildman–Crippen MR) is 86.5 cm³/mol. The number of hydrogen-bond acceptors (Lipinski definition) is 3. The number of likely N-dealkylation sites (tertiary alicyclic amines) is 1. The van der Waals surface area contributed by atoms with Crippen molar-refractivity contribution in [2.24, 2.45) is 5.92 Å². The third-order valence-electron chi connectivity index (χ3n) is 4.86. The quantitative estimate of drug-likeness (QED) is 0.932. The molecule has 0 spiro atoms. The van der Waals surface area contributed by atoms with Crippen LogP contribution in [0.4, 0.5) is 4.79 Å². The molecule has 120 valence electrons. The van der Waals surface area contributed by atoms with Gasteiger partial charge in [-0.05, 0) is 45.6 Å². The van der Waals surface area contributed by atoms with E-state index in [1.165, 1.54) is 5.56 Å². The van der Waals surface area contributed by atoms with Crippen molar-refractivity contribution >= 4 is 6.09 Å². The molecule has 1 aliphatic carbocycles. The van der Waals surface area contributed by atoms with Crippen LogP contribution < -0.4 is 5.32 Å². The fraction of sp³-hybridized carbons (Fsp3) is 0.611. The van der Waals surface area contributed by atoms with Gasteiger partial charge in [-0.15, -0.1) is 0 Å². The zero-order valence-corrected chi connectivity index (χ0v) is 13.9. The highest BCUT2D eigenvalue weighted by Crippen LogP contribution is 2.53. The predicted octanol–water partition coefficient (Wildman–Crippen LogP) is 3.17. The first-order valence-electron chi connectivity index (χ1n) is 8.09. The molecule has 0 aromatic heterocycles. The molecule has 1 saturated heterocycles. The average molecular weight is 302 g/mol. The Bertz CT molecular complexity index is 552. The van der Waals surface area contributed by atoms with E-state index >= 15 is 0 Å². The molecule has 0 unspecified atom stereocenters. The number of hydrogen-bond donors (Lipinski definition) is 1. The van der Waals surface area contributed by atoms with Gasteiger partial charge in [0.2, 0.25) is 0 Å². The minimum atomic E-state index is -0.448. The molecule has 3 atom stereocenters. The molecule has 3 rings (SSSR count). The number of carbonyl (C=O) groups excluding carboxylic acids is 1. The fourth-order valence-electron chi connectivity index (χ4n) is 3.63. The van der Waals surface area contributed by atoms with Gasteiger partial charge < -0.3 is 10.1 Å². The van der Waals surface area contributed by atoms with Gasteiger partial charge in [-0.2, -0.15) is 0 Å². The lowest BCUT2D eigenvalue weighted by Gasteiger charge is -2.30. The first-order valence-corrected chi connectivity index (χ1v) is 8.09. The number of nitrogens with one attached hydrogen (secondary N) is 1. The lowest BCUT2D eigenvalue weighted by Crippen LogP contribution is -2.49. The molecule has 4 nitrogen and oxygen atoms in total. The number of fused-ring (bicyclic) bond motifs is 1. The lowest BCUT2D eigenvalue weighted by molar-refractivity contribution is 0.0472. The molecule has 0 bridgehead atoms. The van der Waals surface area contributed by atoms with Crippen molar-refractivity contribution in [2.45, 2.75) is 57.8 Å². The summed E-state index contributed by atoms with van der Waals surface area (Å²) < 4.78 is 5.42. The number of alkyl carbamates (subject to hydrolysis) is 1. The number of ether oxygens (including phenoxy) is 1. The fourth-order valence-corrected chi connectivity index (χ4v) is 3.63. The third-order valence-corrected chi connectivity index (χ3v) is 4.86. The molecular formula is C18H26N2O2. The zero-order valence-electron chi connectivity index (χ0n) is 13.9. The van der Waals surface area contributed by atoms with E-state index in [0.717, 1.165) is 19.5 Å². The van der Waals surface area contributed by atoms with Crippen LogP contribution in [-0.4, -0.2) is 34.7 Å². The molecule has 4 heteroatoms. The van der Waals surface area contributed by atoms with E-state index in [1.807, 2.05) is 26.8 Å². The first-order chi connectivity index (χ1) is 10.3. The summed E-state index contributed by atoms with van der Waals surface area (Å²) in [6, 6.07) is 10.8. The molecule has 22 heavy (non-hydrogen) atoms. The molecule has 1 heterocycles. The van der Waals surface area contributed by atoms with Gasteiger partial charge in [0.05, 0.1) is 5.54 Å². The normalized spacial score (nSPS) is 30.7. The van der Waals surface area contributed by atoms with Crippen LogP contribution in [0.15, 0.2) is 30.3 Å². The summed E-state index contributed by atoms with van der Waals surface area (Å²) in [6.45, 7) is 9.90. The van der Waals surface area contributed by atoms with Crippen LogP contribution in [0.25, 0.3) is 0 Å². The summed E-state index contributed by atoms with van der Waals surface area (Å²) in [5.74, 6) is 0.554.